The van der Waals surface area contributed by atoms with E-state index < -0.39 is 24.6 Å². The normalized spacial score (nSPS) is 11.8. The number of carbonyl (C=O) groups excluding carboxylic acids is 1. The minimum Gasteiger partial charge on any atom is -0.480 e. The summed E-state index contributed by atoms with van der Waals surface area (Å²) in [7, 11) is 0. The number of hydrogen-bond donors (Lipinski definition) is 3. The fraction of sp³-hybridized carbons (Fsp3) is 0.462. The molecular weight excluding hydrogens is 262 g/mol. The molecule has 0 aliphatic carbocycles. The van der Waals surface area contributed by atoms with Crippen molar-refractivity contribution in [3.05, 3.63) is 29.6 Å². The number of nitrogens with zero attached hydrogens (tertiary/aromatic N) is 2. The number of hydrogen-bond acceptors (Lipinski definition) is 4. The smallest absolute Gasteiger partial charge is 0.328 e. The van der Waals surface area contributed by atoms with Crippen molar-refractivity contribution >= 4 is 12.0 Å². The third-order valence-electron chi connectivity index (χ3n) is 2.75. The van der Waals surface area contributed by atoms with Crippen LogP contribution in [0.4, 0.5) is 4.79 Å². The van der Waals surface area contributed by atoms with Gasteiger partial charge in [-0.3, -0.25) is 4.98 Å². The quantitative estimate of drug-likeness (QED) is 0.699. The summed E-state index contributed by atoms with van der Waals surface area (Å²) in [5, 5.41) is 20.0. The molecule has 1 atom stereocenters. The molecule has 0 saturated heterocycles. The Balaban J connectivity index is 2.70. The molecule has 1 aromatic heterocycles. The number of carbonyl (C=O) groups is 2. The molecule has 0 aliphatic rings. The van der Waals surface area contributed by atoms with Gasteiger partial charge >= 0.3 is 12.0 Å². The van der Waals surface area contributed by atoms with Crippen LogP contribution in [-0.2, 0) is 11.3 Å². The summed E-state index contributed by atoms with van der Waals surface area (Å²) in [6, 6.07) is 3.65. The summed E-state index contributed by atoms with van der Waals surface area (Å²) in [5.41, 5.74) is 1.57. The van der Waals surface area contributed by atoms with Crippen molar-refractivity contribution in [2.24, 2.45) is 0 Å². The van der Waals surface area contributed by atoms with Gasteiger partial charge in [-0.2, -0.15) is 0 Å². The standard InChI is InChI=1S/C13H19N3O4/c1-3-16(7-10-6-4-5-9(2)14-10)13(20)15-11(8-17)12(18)19/h4-6,11,17H,3,7-8H2,1-2H3,(H,15,20)(H,18,19). The second kappa shape index (κ2) is 7.44. The van der Waals surface area contributed by atoms with Gasteiger partial charge in [0, 0.05) is 12.2 Å². The Morgan fingerprint density at radius 2 is 2.15 bits per heavy atom. The Morgan fingerprint density at radius 3 is 2.65 bits per heavy atom. The molecular formula is C13H19N3O4. The van der Waals surface area contributed by atoms with Crippen LogP contribution in [0.5, 0.6) is 0 Å². The molecule has 1 unspecified atom stereocenters. The van der Waals surface area contributed by atoms with Gasteiger partial charge in [-0.05, 0) is 26.0 Å². The number of aliphatic carboxylic acids is 1. The van der Waals surface area contributed by atoms with E-state index >= 15 is 0 Å². The number of urea groups is 1. The zero-order valence-electron chi connectivity index (χ0n) is 11.5. The van der Waals surface area contributed by atoms with E-state index in [1.807, 2.05) is 19.1 Å². The van der Waals surface area contributed by atoms with Crippen LogP contribution in [0.15, 0.2) is 18.2 Å². The highest BCUT2D eigenvalue weighted by Crippen LogP contribution is 2.04. The summed E-state index contributed by atoms with van der Waals surface area (Å²) in [5.74, 6) is -1.27. The highest BCUT2D eigenvalue weighted by atomic mass is 16.4. The fourth-order valence-corrected chi connectivity index (χ4v) is 1.64. The molecule has 1 rings (SSSR count). The average Bonchev–Trinajstić information content (AvgIpc) is 2.41. The van der Waals surface area contributed by atoms with Crippen molar-refractivity contribution in [3.8, 4) is 0 Å². The van der Waals surface area contributed by atoms with E-state index in [0.29, 0.717) is 6.54 Å². The molecule has 0 aliphatic heterocycles. The molecule has 0 bridgehead atoms. The molecule has 0 radical (unpaired) electrons. The Hall–Kier alpha value is -2.15. The Morgan fingerprint density at radius 1 is 1.45 bits per heavy atom. The lowest BCUT2D eigenvalue weighted by Gasteiger charge is -2.23. The van der Waals surface area contributed by atoms with Gasteiger partial charge in [0.1, 0.15) is 0 Å². The first-order valence-corrected chi connectivity index (χ1v) is 6.29. The Kier molecular flexibility index (Phi) is 5.92. The maximum absolute atomic E-state index is 11.9. The third-order valence-corrected chi connectivity index (χ3v) is 2.75. The van der Waals surface area contributed by atoms with Gasteiger partial charge in [0.05, 0.1) is 18.8 Å². The Labute approximate surface area is 117 Å². The van der Waals surface area contributed by atoms with Gasteiger partial charge in [-0.25, -0.2) is 9.59 Å². The summed E-state index contributed by atoms with van der Waals surface area (Å²) in [4.78, 5) is 28.4. The lowest BCUT2D eigenvalue weighted by molar-refractivity contribution is -0.140. The summed E-state index contributed by atoms with van der Waals surface area (Å²) in [6.45, 7) is 3.67. The molecule has 1 heterocycles. The topological polar surface area (TPSA) is 103 Å². The predicted octanol–water partition coefficient (Wildman–Crippen LogP) is 0.367. The van der Waals surface area contributed by atoms with Gasteiger partial charge in [0.15, 0.2) is 6.04 Å². The fourth-order valence-electron chi connectivity index (χ4n) is 1.64. The van der Waals surface area contributed by atoms with Crippen LogP contribution in [0.2, 0.25) is 0 Å². The lowest BCUT2D eigenvalue weighted by atomic mass is 10.3. The van der Waals surface area contributed by atoms with Gasteiger partial charge in [0.25, 0.3) is 0 Å². The molecule has 1 aromatic rings. The van der Waals surface area contributed by atoms with Crippen LogP contribution < -0.4 is 5.32 Å². The zero-order chi connectivity index (χ0) is 15.1. The van der Waals surface area contributed by atoms with E-state index in [9.17, 15) is 9.59 Å². The second-order valence-electron chi connectivity index (χ2n) is 4.31. The van der Waals surface area contributed by atoms with E-state index in [4.69, 9.17) is 10.2 Å². The summed E-state index contributed by atoms with van der Waals surface area (Å²) < 4.78 is 0. The molecule has 20 heavy (non-hydrogen) atoms. The van der Waals surface area contributed by atoms with Crippen LogP contribution in [0.25, 0.3) is 0 Å². The van der Waals surface area contributed by atoms with Crippen molar-refractivity contribution < 1.29 is 19.8 Å². The first kappa shape index (κ1) is 15.9. The van der Waals surface area contributed by atoms with Crippen LogP contribution in [0.3, 0.4) is 0 Å². The number of rotatable bonds is 6. The van der Waals surface area contributed by atoms with E-state index in [1.54, 1.807) is 13.0 Å². The first-order valence-electron chi connectivity index (χ1n) is 6.29. The molecule has 0 saturated carbocycles. The number of aliphatic hydroxyl groups excluding tert-OH is 1. The van der Waals surface area contributed by atoms with Crippen LogP contribution >= 0.6 is 0 Å². The highest BCUT2D eigenvalue weighted by Gasteiger charge is 2.22. The number of pyridine rings is 1. The summed E-state index contributed by atoms with van der Waals surface area (Å²) >= 11 is 0. The third kappa shape index (κ3) is 4.51. The number of aliphatic hydroxyl groups is 1. The molecule has 110 valence electrons. The van der Waals surface area contributed by atoms with Crippen molar-refractivity contribution in [2.75, 3.05) is 13.2 Å². The predicted molar refractivity (Wildman–Crippen MR) is 72.1 cm³/mol. The average molecular weight is 281 g/mol. The van der Waals surface area contributed by atoms with E-state index in [2.05, 4.69) is 10.3 Å². The largest absolute Gasteiger partial charge is 0.480 e. The highest BCUT2D eigenvalue weighted by molar-refractivity contribution is 5.82. The van der Waals surface area contributed by atoms with E-state index in [1.165, 1.54) is 4.90 Å². The maximum atomic E-state index is 11.9. The van der Waals surface area contributed by atoms with Gasteiger partial charge in [-0.1, -0.05) is 6.07 Å². The number of nitrogens with one attached hydrogen (secondary N) is 1. The zero-order valence-corrected chi connectivity index (χ0v) is 11.5. The number of carboxylic acids is 1. The molecule has 0 fully saturated rings. The van der Waals surface area contributed by atoms with Crippen molar-refractivity contribution in [1.29, 1.82) is 0 Å². The van der Waals surface area contributed by atoms with Gasteiger partial charge in [0.2, 0.25) is 0 Å². The summed E-state index contributed by atoms with van der Waals surface area (Å²) in [6.07, 6.45) is 0. The van der Waals surface area contributed by atoms with Crippen LogP contribution in [-0.4, -0.2) is 51.3 Å². The second-order valence-corrected chi connectivity index (χ2v) is 4.31. The van der Waals surface area contributed by atoms with Crippen molar-refractivity contribution in [3.63, 3.8) is 0 Å². The lowest BCUT2D eigenvalue weighted by Crippen LogP contribution is -2.49. The molecule has 7 nitrogen and oxygen atoms in total. The molecule has 7 heteroatoms. The minimum absolute atomic E-state index is 0.280. The number of aromatic nitrogens is 1. The van der Waals surface area contributed by atoms with Crippen LogP contribution in [0, 0.1) is 6.92 Å². The first-order chi connectivity index (χ1) is 9.47. The SMILES string of the molecule is CCN(Cc1cccc(C)n1)C(=O)NC(CO)C(=O)O. The van der Waals surface area contributed by atoms with Crippen molar-refractivity contribution in [1.82, 2.24) is 15.2 Å². The van der Waals surface area contributed by atoms with E-state index in [-0.39, 0.29) is 6.54 Å². The number of carboxylic acid groups (broad SMARTS) is 1. The molecule has 2 amide bonds. The van der Waals surface area contributed by atoms with Gasteiger partial charge in [-0.15, -0.1) is 0 Å². The maximum Gasteiger partial charge on any atom is 0.328 e. The Bertz CT molecular complexity index is 478. The monoisotopic (exact) mass is 281 g/mol. The number of amides is 2. The minimum atomic E-state index is -1.30. The van der Waals surface area contributed by atoms with Crippen molar-refractivity contribution in [2.45, 2.75) is 26.4 Å². The van der Waals surface area contributed by atoms with Gasteiger partial charge < -0.3 is 20.4 Å². The molecule has 3 N–H and O–H groups in total. The van der Waals surface area contributed by atoms with Crippen LogP contribution in [0.1, 0.15) is 18.3 Å². The van der Waals surface area contributed by atoms with E-state index in [0.717, 1.165) is 11.4 Å². The molecule has 0 spiro atoms. The molecule has 0 aromatic carbocycles. The number of aryl methyl sites for hydroxylation is 1.